The third-order valence-corrected chi connectivity index (χ3v) is 3.03. The first-order valence-corrected chi connectivity index (χ1v) is 6.07. The maximum atomic E-state index is 12.1. The molecular formula is C14H12N2O5. The highest BCUT2D eigenvalue weighted by molar-refractivity contribution is 6.06. The maximum Gasteiger partial charge on any atom is 0.255 e. The van der Waals surface area contributed by atoms with E-state index in [2.05, 4.69) is 5.32 Å². The number of ether oxygens (including phenoxy) is 2. The Morgan fingerprint density at radius 2 is 1.81 bits per heavy atom. The molecule has 1 heterocycles. The van der Waals surface area contributed by atoms with Gasteiger partial charge >= 0.3 is 0 Å². The fourth-order valence-corrected chi connectivity index (χ4v) is 1.93. The molecule has 3 rings (SSSR count). The minimum Gasteiger partial charge on any atom is -0.504 e. The lowest BCUT2D eigenvalue weighted by atomic mass is 10.1. The summed E-state index contributed by atoms with van der Waals surface area (Å²) in [6, 6.07) is 6.90. The van der Waals surface area contributed by atoms with Crippen LogP contribution in [0.2, 0.25) is 0 Å². The van der Waals surface area contributed by atoms with Crippen LogP contribution in [0.5, 0.6) is 23.0 Å². The summed E-state index contributed by atoms with van der Waals surface area (Å²) in [6.45, 7) is 0.109. The van der Waals surface area contributed by atoms with Gasteiger partial charge in [0.05, 0.1) is 11.4 Å². The molecule has 0 saturated heterocycles. The first kappa shape index (κ1) is 12.9. The van der Waals surface area contributed by atoms with E-state index in [0.29, 0.717) is 22.9 Å². The van der Waals surface area contributed by atoms with Gasteiger partial charge in [0, 0.05) is 17.7 Å². The van der Waals surface area contributed by atoms with E-state index in [1.165, 1.54) is 12.1 Å². The molecule has 2 aromatic carbocycles. The van der Waals surface area contributed by atoms with Gasteiger partial charge in [-0.2, -0.15) is 0 Å². The van der Waals surface area contributed by atoms with Crippen molar-refractivity contribution in [2.24, 2.45) is 0 Å². The number of carbonyl (C=O) groups excluding carboxylic acids is 1. The van der Waals surface area contributed by atoms with Crippen LogP contribution in [0.1, 0.15) is 10.4 Å². The van der Waals surface area contributed by atoms with Crippen molar-refractivity contribution in [1.82, 2.24) is 0 Å². The molecular weight excluding hydrogens is 276 g/mol. The normalized spacial score (nSPS) is 12.2. The quantitative estimate of drug-likeness (QED) is 0.493. The SMILES string of the molecule is Nc1cc2c(cc1NC(=O)c1ccc(O)c(O)c1)OCO2. The molecule has 0 fully saturated rings. The molecule has 0 atom stereocenters. The zero-order valence-corrected chi connectivity index (χ0v) is 10.8. The fourth-order valence-electron chi connectivity index (χ4n) is 1.93. The number of phenols is 2. The topological polar surface area (TPSA) is 114 Å². The van der Waals surface area contributed by atoms with Crippen molar-refractivity contribution in [1.29, 1.82) is 0 Å². The van der Waals surface area contributed by atoms with Gasteiger partial charge in [-0.1, -0.05) is 0 Å². The smallest absolute Gasteiger partial charge is 0.255 e. The first-order valence-electron chi connectivity index (χ1n) is 6.07. The summed E-state index contributed by atoms with van der Waals surface area (Å²) < 4.78 is 10.4. The number of carbonyl (C=O) groups is 1. The molecule has 2 aromatic rings. The minimum absolute atomic E-state index is 0.109. The number of fused-ring (bicyclic) bond motifs is 1. The Morgan fingerprint density at radius 3 is 2.52 bits per heavy atom. The number of anilines is 2. The summed E-state index contributed by atoms with van der Waals surface area (Å²) in [5.74, 6) is -0.132. The lowest BCUT2D eigenvalue weighted by molar-refractivity contribution is 0.102. The molecule has 1 aliphatic rings. The van der Waals surface area contributed by atoms with Crippen LogP contribution in [0.4, 0.5) is 11.4 Å². The van der Waals surface area contributed by atoms with Crippen molar-refractivity contribution < 1.29 is 24.5 Å². The van der Waals surface area contributed by atoms with Gasteiger partial charge in [-0.15, -0.1) is 0 Å². The fraction of sp³-hybridized carbons (Fsp3) is 0.0714. The van der Waals surface area contributed by atoms with Crippen molar-refractivity contribution in [3.63, 3.8) is 0 Å². The number of phenolic OH excluding ortho intramolecular Hbond substituents is 2. The number of hydrogen-bond acceptors (Lipinski definition) is 6. The lowest BCUT2D eigenvalue weighted by Crippen LogP contribution is -2.13. The summed E-state index contributed by atoms with van der Waals surface area (Å²) >= 11 is 0. The van der Waals surface area contributed by atoms with Crippen molar-refractivity contribution in [2.45, 2.75) is 0 Å². The number of nitrogens with two attached hydrogens (primary N) is 1. The Hall–Kier alpha value is -3.09. The van der Waals surface area contributed by atoms with Gasteiger partial charge in [-0.05, 0) is 18.2 Å². The molecule has 0 aromatic heterocycles. The third-order valence-electron chi connectivity index (χ3n) is 3.03. The van der Waals surface area contributed by atoms with E-state index in [1.54, 1.807) is 12.1 Å². The summed E-state index contributed by atoms with van der Waals surface area (Å²) in [5.41, 5.74) is 6.72. The summed E-state index contributed by atoms with van der Waals surface area (Å²) in [4.78, 5) is 12.1. The molecule has 1 amide bonds. The van der Waals surface area contributed by atoms with Crippen LogP contribution in [0.25, 0.3) is 0 Å². The Labute approximate surface area is 119 Å². The van der Waals surface area contributed by atoms with Crippen LogP contribution >= 0.6 is 0 Å². The second-order valence-electron chi connectivity index (χ2n) is 4.45. The van der Waals surface area contributed by atoms with Crippen LogP contribution in [0, 0.1) is 0 Å². The van der Waals surface area contributed by atoms with Crippen molar-refractivity contribution in [3.8, 4) is 23.0 Å². The minimum atomic E-state index is -0.476. The van der Waals surface area contributed by atoms with E-state index in [9.17, 15) is 15.0 Å². The predicted octanol–water partition coefficient (Wildman–Crippen LogP) is 1.66. The van der Waals surface area contributed by atoms with E-state index in [-0.39, 0.29) is 23.9 Å². The monoisotopic (exact) mass is 288 g/mol. The van der Waals surface area contributed by atoms with E-state index in [0.717, 1.165) is 6.07 Å². The number of benzene rings is 2. The maximum absolute atomic E-state index is 12.1. The number of aromatic hydroxyl groups is 2. The number of rotatable bonds is 2. The zero-order chi connectivity index (χ0) is 15.0. The number of nitrogens with one attached hydrogen (secondary N) is 1. The van der Waals surface area contributed by atoms with Gasteiger partial charge in [0.25, 0.3) is 5.91 Å². The molecule has 21 heavy (non-hydrogen) atoms. The lowest BCUT2D eigenvalue weighted by Gasteiger charge is -2.10. The number of amides is 1. The van der Waals surface area contributed by atoms with E-state index >= 15 is 0 Å². The molecule has 5 N–H and O–H groups in total. The van der Waals surface area contributed by atoms with Gasteiger partial charge in [0.2, 0.25) is 6.79 Å². The Morgan fingerprint density at radius 1 is 1.10 bits per heavy atom. The zero-order valence-electron chi connectivity index (χ0n) is 10.8. The van der Waals surface area contributed by atoms with Crippen molar-refractivity contribution in [2.75, 3.05) is 17.8 Å². The number of hydrogen-bond donors (Lipinski definition) is 4. The molecule has 7 heteroatoms. The van der Waals surface area contributed by atoms with Crippen molar-refractivity contribution >= 4 is 17.3 Å². The molecule has 7 nitrogen and oxygen atoms in total. The molecule has 0 saturated carbocycles. The molecule has 0 aliphatic carbocycles. The van der Waals surface area contributed by atoms with Gasteiger partial charge in [-0.3, -0.25) is 4.79 Å². The Balaban J connectivity index is 1.86. The van der Waals surface area contributed by atoms with E-state index in [4.69, 9.17) is 15.2 Å². The van der Waals surface area contributed by atoms with Gasteiger partial charge in [0.15, 0.2) is 23.0 Å². The molecule has 1 aliphatic heterocycles. The first-order chi connectivity index (χ1) is 10.0. The largest absolute Gasteiger partial charge is 0.504 e. The van der Waals surface area contributed by atoms with Gasteiger partial charge < -0.3 is 30.7 Å². The average Bonchev–Trinajstić information content (AvgIpc) is 2.89. The summed E-state index contributed by atoms with van der Waals surface area (Å²) in [7, 11) is 0. The predicted molar refractivity (Wildman–Crippen MR) is 74.7 cm³/mol. The Kier molecular flexibility index (Phi) is 2.94. The second kappa shape index (κ2) is 4.78. The second-order valence-corrected chi connectivity index (χ2v) is 4.45. The van der Waals surface area contributed by atoms with Crippen LogP contribution in [0.3, 0.4) is 0 Å². The van der Waals surface area contributed by atoms with E-state index in [1.807, 2.05) is 0 Å². The summed E-state index contributed by atoms with van der Waals surface area (Å²) in [5, 5.41) is 21.2. The molecule has 0 radical (unpaired) electrons. The molecule has 0 spiro atoms. The highest BCUT2D eigenvalue weighted by Crippen LogP contribution is 2.38. The van der Waals surface area contributed by atoms with Crippen molar-refractivity contribution in [3.05, 3.63) is 35.9 Å². The summed E-state index contributed by atoms with van der Waals surface area (Å²) in [6.07, 6.45) is 0. The standard InChI is InChI=1S/C14H12N2O5/c15-8-4-12-13(21-6-20-12)5-9(8)16-14(19)7-1-2-10(17)11(18)3-7/h1-5,17-18H,6,15H2,(H,16,19). The van der Waals surface area contributed by atoms with Crippen LogP contribution in [-0.4, -0.2) is 22.9 Å². The molecule has 0 bridgehead atoms. The third kappa shape index (κ3) is 2.36. The van der Waals surface area contributed by atoms with Crippen LogP contribution in [-0.2, 0) is 0 Å². The van der Waals surface area contributed by atoms with Gasteiger partial charge in [0.1, 0.15) is 0 Å². The molecule has 0 unspecified atom stereocenters. The van der Waals surface area contributed by atoms with E-state index < -0.39 is 5.91 Å². The van der Waals surface area contributed by atoms with Crippen LogP contribution < -0.4 is 20.5 Å². The Bertz CT molecular complexity index is 730. The van der Waals surface area contributed by atoms with Crippen LogP contribution in [0.15, 0.2) is 30.3 Å². The average molecular weight is 288 g/mol. The highest BCUT2D eigenvalue weighted by Gasteiger charge is 2.18. The number of nitrogen functional groups attached to an aromatic ring is 1. The highest BCUT2D eigenvalue weighted by atomic mass is 16.7. The van der Waals surface area contributed by atoms with Gasteiger partial charge in [-0.25, -0.2) is 0 Å². The molecule has 108 valence electrons.